The standard InChI is InChI=1S/C22H31N3O5S/c1-16-11-17(2)13-18(12-16)25(15-22(26)23-9-10-24(3)4)31(27,28)19-7-8-20(29-5)21(14-19)30-6/h7-8,11-14H,9-10,15H2,1-6H3,(H,23,26). The van der Waals surface area contributed by atoms with Crippen molar-refractivity contribution in [3.63, 3.8) is 0 Å². The Bertz CT molecular complexity index is 1000. The van der Waals surface area contributed by atoms with Crippen LogP contribution in [0.25, 0.3) is 0 Å². The highest BCUT2D eigenvalue weighted by Crippen LogP contribution is 2.32. The molecule has 0 aliphatic carbocycles. The van der Waals surface area contributed by atoms with Crippen LogP contribution < -0.4 is 19.1 Å². The molecule has 0 atom stereocenters. The van der Waals surface area contributed by atoms with Crippen molar-refractivity contribution in [2.75, 3.05) is 52.3 Å². The first-order valence-corrected chi connectivity index (χ1v) is 11.3. The Hall–Kier alpha value is -2.78. The summed E-state index contributed by atoms with van der Waals surface area (Å²) in [5, 5.41) is 2.78. The molecule has 0 aliphatic rings. The molecule has 0 aliphatic heterocycles. The molecule has 0 unspecified atom stereocenters. The summed E-state index contributed by atoms with van der Waals surface area (Å²) in [7, 11) is 2.66. The maximum atomic E-state index is 13.6. The van der Waals surface area contributed by atoms with E-state index in [9.17, 15) is 13.2 Å². The van der Waals surface area contributed by atoms with Crippen LogP contribution in [0.2, 0.25) is 0 Å². The van der Waals surface area contributed by atoms with Gasteiger partial charge in [0.15, 0.2) is 11.5 Å². The lowest BCUT2D eigenvalue weighted by atomic mass is 10.1. The van der Waals surface area contributed by atoms with E-state index in [1.54, 1.807) is 12.1 Å². The number of amides is 1. The summed E-state index contributed by atoms with van der Waals surface area (Å²) in [5.74, 6) is 0.324. The van der Waals surface area contributed by atoms with Gasteiger partial charge in [-0.05, 0) is 63.3 Å². The normalized spacial score (nSPS) is 11.3. The number of nitrogens with one attached hydrogen (secondary N) is 1. The molecule has 0 saturated heterocycles. The summed E-state index contributed by atoms with van der Waals surface area (Å²) in [4.78, 5) is 14.5. The number of benzene rings is 2. The number of aryl methyl sites for hydroxylation is 2. The molecule has 1 amide bonds. The third-order valence-corrected chi connectivity index (χ3v) is 6.38. The summed E-state index contributed by atoms with van der Waals surface area (Å²) in [6.07, 6.45) is 0. The quantitative estimate of drug-likeness (QED) is 0.598. The lowest BCUT2D eigenvalue weighted by Gasteiger charge is -2.25. The average molecular weight is 450 g/mol. The van der Waals surface area contributed by atoms with Gasteiger partial charge in [0, 0.05) is 19.2 Å². The van der Waals surface area contributed by atoms with E-state index >= 15 is 0 Å². The SMILES string of the molecule is COc1ccc(S(=O)(=O)N(CC(=O)NCCN(C)C)c2cc(C)cc(C)c2)cc1OC. The van der Waals surface area contributed by atoms with Crippen LogP contribution in [0.4, 0.5) is 5.69 Å². The zero-order valence-electron chi connectivity index (χ0n) is 18.9. The Balaban J connectivity index is 2.46. The molecule has 0 spiro atoms. The van der Waals surface area contributed by atoms with Gasteiger partial charge < -0.3 is 19.7 Å². The Labute approximate surface area is 184 Å². The fourth-order valence-corrected chi connectivity index (χ4v) is 4.54. The number of anilines is 1. The van der Waals surface area contributed by atoms with Crippen molar-refractivity contribution in [2.24, 2.45) is 0 Å². The van der Waals surface area contributed by atoms with Gasteiger partial charge in [-0.1, -0.05) is 6.07 Å². The summed E-state index contributed by atoms with van der Waals surface area (Å²) >= 11 is 0. The number of methoxy groups -OCH3 is 2. The van der Waals surface area contributed by atoms with Gasteiger partial charge in [0.2, 0.25) is 5.91 Å². The first-order chi connectivity index (χ1) is 14.6. The van der Waals surface area contributed by atoms with Crippen LogP contribution in [0.15, 0.2) is 41.3 Å². The monoisotopic (exact) mass is 449 g/mol. The smallest absolute Gasteiger partial charge is 0.264 e. The minimum absolute atomic E-state index is 0.00500. The van der Waals surface area contributed by atoms with E-state index in [1.807, 2.05) is 38.9 Å². The van der Waals surface area contributed by atoms with E-state index < -0.39 is 10.0 Å². The van der Waals surface area contributed by atoms with Crippen molar-refractivity contribution in [1.29, 1.82) is 0 Å². The third-order valence-electron chi connectivity index (χ3n) is 4.61. The molecular weight excluding hydrogens is 418 g/mol. The number of nitrogens with zero attached hydrogens (tertiary/aromatic N) is 2. The Morgan fingerprint density at radius 3 is 2.13 bits per heavy atom. The molecule has 31 heavy (non-hydrogen) atoms. The molecule has 1 N–H and O–H groups in total. The topological polar surface area (TPSA) is 88.2 Å². The fraction of sp³-hybridized carbons (Fsp3) is 0.409. The van der Waals surface area contributed by atoms with Crippen LogP contribution in [0, 0.1) is 13.8 Å². The zero-order valence-corrected chi connectivity index (χ0v) is 19.7. The van der Waals surface area contributed by atoms with E-state index in [0.717, 1.165) is 15.4 Å². The number of sulfonamides is 1. The molecule has 0 heterocycles. The van der Waals surface area contributed by atoms with Gasteiger partial charge in [0.05, 0.1) is 24.8 Å². The molecule has 2 aromatic rings. The van der Waals surface area contributed by atoms with Gasteiger partial charge in [0.1, 0.15) is 6.54 Å². The number of ether oxygens (including phenoxy) is 2. The van der Waals surface area contributed by atoms with Gasteiger partial charge in [-0.15, -0.1) is 0 Å². The molecule has 9 heteroatoms. The van der Waals surface area contributed by atoms with E-state index in [0.29, 0.717) is 30.3 Å². The van der Waals surface area contributed by atoms with Crippen LogP contribution in [0.3, 0.4) is 0 Å². The molecule has 2 aromatic carbocycles. The zero-order chi connectivity index (χ0) is 23.2. The van der Waals surface area contributed by atoms with Crippen LogP contribution in [0.1, 0.15) is 11.1 Å². The summed E-state index contributed by atoms with van der Waals surface area (Å²) in [5.41, 5.74) is 2.22. The van der Waals surface area contributed by atoms with Crippen molar-refractivity contribution < 1.29 is 22.7 Å². The Morgan fingerprint density at radius 1 is 0.968 bits per heavy atom. The number of hydrogen-bond donors (Lipinski definition) is 1. The van der Waals surface area contributed by atoms with Crippen molar-refractivity contribution in [3.05, 3.63) is 47.5 Å². The molecule has 0 aromatic heterocycles. The molecule has 0 saturated carbocycles. The average Bonchev–Trinajstić information content (AvgIpc) is 2.70. The van der Waals surface area contributed by atoms with E-state index in [4.69, 9.17) is 9.47 Å². The van der Waals surface area contributed by atoms with Gasteiger partial charge in [0.25, 0.3) is 10.0 Å². The van der Waals surface area contributed by atoms with Crippen molar-refractivity contribution in [3.8, 4) is 11.5 Å². The largest absolute Gasteiger partial charge is 0.493 e. The van der Waals surface area contributed by atoms with E-state index in [2.05, 4.69) is 5.32 Å². The minimum Gasteiger partial charge on any atom is -0.493 e. The molecule has 8 nitrogen and oxygen atoms in total. The lowest BCUT2D eigenvalue weighted by Crippen LogP contribution is -2.42. The predicted octanol–water partition coefficient (Wildman–Crippen LogP) is 2.19. The van der Waals surface area contributed by atoms with Crippen LogP contribution in [-0.4, -0.2) is 67.2 Å². The maximum absolute atomic E-state index is 13.6. The first kappa shape index (κ1) is 24.5. The molecule has 0 fully saturated rings. The number of carbonyl (C=O) groups is 1. The second-order valence-electron chi connectivity index (χ2n) is 7.53. The van der Waals surface area contributed by atoms with Crippen molar-refractivity contribution in [1.82, 2.24) is 10.2 Å². The molecule has 0 bridgehead atoms. The van der Waals surface area contributed by atoms with Gasteiger partial charge in [-0.25, -0.2) is 8.42 Å². The fourth-order valence-electron chi connectivity index (χ4n) is 3.12. The van der Waals surface area contributed by atoms with Crippen LogP contribution >= 0.6 is 0 Å². The van der Waals surface area contributed by atoms with Crippen LogP contribution in [0.5, 0.6) is 11.5 Å². The number of likely N-dealkylation sites (N-methyl/N-ethyl adjacent to an activating group) is 1. The molecular formula is C22H31N3O5S. The summed E-state index contributed by atoms with van der Waals surface area (Å²) < 4.78 is 38.8. The molecule has 0 radical (unpaired) electrons. The predicted molar refractivity (Wildman–Crippen MR) is 122 cm³/mol. The van der Waals surface area contributed by atoms with Crippen molar-refractivity contribution in [2.45, 2.75) is 18.7 Å². The highest BCUT2D eigenvalue weighted by Gasteiger charge is 2.28. The minimum atomic E-state index is -4.06. The second-order valence-corrected chi connectivity index (χ2v) is 9.39. The second kappa shape index (κ2) is 10.5. The third kappa shape index (κ3) is 6.35. The molecule has 170 valence electrons. The molecule has 2 rings (SSSR count). The first-order valence-electron chi connectivity index (χ1n) is 9.83. The lowest BCUT2D eigenvalue weighted by molar-refractivity contribution is -0.119. The number of rotatable bonds is 10. The number of hydrogen-bond acceptors (Lipinski definition) is 6. The van der Waals surface area contributed by atoms with Gasteiger partial charge >= 0.3 is 0 Å². The highest BCUT2D eigenvalue weighted by molar-refractivity contribution is 7.92. The Kier molecular flexibility index (Phi) is 8.29. The summed E-state index contributed by atoms with van der Waals surface area (Å²) in [6, 6.07) is 9.81. The van der Waals surface area contributed by atoms with Crippen molar-refractivity contribution >= 4 is 21.6 Å². The van der Waals surface area contributed by atoms with Crippen LogP contribution in [-0.2, 0) is 14.8 Å². The van der Waals surface area contributed by atoms with E-state index in [1.165, 1.54) is 32.4 Å². The summed E-state index contributed by atoms with van der Waals surface area (Å²) in [6.45, 7) is 4.50. The van der Waals surface area contributed by atoms with Gasteiger partial charge in [-0.3, -0.25) is 9.10 Å². The maximum Gasteiger partial charge on any atom is 0.264 e. The van der Waals surface area contributed by atoms with Gasteiger partial charge in [-0.2, -0.15) is 0 Å². The van der Waals surface area contributed by atoms with E-state index in [-0.39, 0.29) is 17.3 Å². The number of carbonyl (C=O) groups excluding carboxylic acids is 1. The Morgan fingerprint density at radius 2 is 1.58 bits per heavy atom. The highest BCUT2D eigenvalue weighted by atomic mass is 32.2.